The molecule has 0 saturated heterocycles. The molecule has 21 heavy (non-hydrogen) atoms. The normalized spacial score (nSPS) is 18.9. The van der Waals surface area contributed by atoms with Crippen LogP contribution in [0.15, 0.2) is 12.1 Å². The number of hydrogen-bond donors (Lipinski definition) is 2. The van der Waals surface area contributed by atoms with Crippen molar-refractivity contribution in [3.05, 3.63) is 21.9 Å². The Morgan fingerprint density at radius 3 is 2.52 bits per heavy atom. The van der Waals surface area contributed by atoms with Gasteiger partial charge in [0.2, 0.25) is 5.91 Å². The van der Waals surface area contributed by atoms with Gasteiger partial charge < -0.3 is 10.4 Å². The standard InChI is InChI=1S/C17H27NO2S/c1-12(2)10-16(20)18-11-17(8-4-5-9-17)15-7-6-14(21-15)13(3)19/h6-7,12-13,19H,4-5,8-11H2,1-3H3,(H,18,20). The average Bonchev–Trinajstić information content (AvgIpc) is 3.05. The predicted octanol–water partition coefficient (Wildman–Crippen LogP) is 3.78. The fraction of sp³-hybridized carbons (Fsp3) is 0.706. The minimum absolute atomic E-state index is 0.0877. The molecule has 1 fully saturated rings. The third-order valence-corrected chi connectivity index (χ3v) is 5.84. The first kappa shape index (κ1) is 16.5. The summed E-state index contributed by atoms with van der Waals surface area (Å²) in [7, 11) is 0. The largest absolute Gasteiger partial charge is 0.388 e. The number of rotatable bonds is 6. The Labute approximate surface area is 131 Å². The van der Waals surface area contributed by atoms with E-state index in [1.807, 2.05) is 6.07 Å². The molecule has 0 radical (unpaired) electrons. The van der Waals surface area contributed by atoms with Gasteiger partial charge in [-0.25, -0.2) is 0 Å². The van der Waals surface area contributed by atoms with Crippen molar-refractivity contribution >= 4 is 17.2 Å². The van der Waals surface area contributed by atoms with E-state index in [2.05, 4.69) is 25.2 Å². The summed E-state index contributed by atoms with van der Waals surface area (Å²) in [6.45, 7) is 6.68. The monoisotopic (exact) mass is 309 g/mol. The lowest BCUT2D eigenvalue weighted by Gasteiger charge is -2.28. The highest BCUT2D eigenvalue weighted by atomic mass is 32.1. The molecule has 4 heteroatoms. The second-order valence-electron chi connectivity index (χ2n) is 6.74. The minimum atomic E-state index is -0.405. The first-order valence-electron chi connectivity index (χ1n) is 7.98. The first-order valence-corrected chi connectivity index (χ1v) is 8.79. The van der Waals surface area contributed by atoms with E-state index in [0.717, 1.165) is 24.3 Å². The third-order valence-electron chi connectivity index (χ3n) is 4.34. The van der Waals surface area contributed by atoms with Gasteiger partial charge in [0, 0.05) is 28.1 Å². The summed E-state index contributed by atoms with van der Waals surface area (Å²) in [4.78, 5) is 14.3. The van der Waals surface area contributed by atoms with Gasteiger partial charge in [-0.3, -0.25) is 4.79 Å². The molecule has 118 valence electrons. The molecule has 3 nitrogen and oxygen atoms in total. The number of hydrogen-bond acceptors (Lipinski definition) is 3. The van der Waals surface area contributed by atoms with Crippen LogP contribution in [0.3, 0.4) is 0 Å². The number of carbonyl (C=O) groups is 1. The van der Waals surface area contributed by atoms with Gasteiger partial charge in [0.15, 0.2) is 0 Å². The summed E-state index contributed by atoms with van der Waals surface area (Å²) in [5, 5.41) is 12.9. The van der Waals surface area contributed by atoms with Crippen LogP contribution in [-0.2, 0) is 10.2 Å². The smallest absolute Gasteiger partial charge is 0.220 e. The number of nitrogens with one attached hydrogen (secondary N) is 1. The van der Waals surface area contributed by atoms with Crippen molar-refractivity contribution in [2.45, 2.75) is 64.4 Å². The average molecular weight is 309 g/mol. The SMILES string of the molecule is CC(C)CC(=O)NCC1(c2ccc(C(C)O)s2)CCCC1. The van der Waals surface area contributed by atoms with Gasteiger partial charge in [-0.1, -0.05) is 26.7 Å². The molecule has 1 amide bonds. The van der Waals surface area contributed by atoms with Gasteiger partial charge in [-0.15, -0.1) is 11.3 Å². The maximum absolute atomic E-state index is 11.9. The number of carbonyl (C=O) groups excluding carboxylic acids is 1. The van der Waals surface area contributed by atoms with Crippen molar-refractivity contribution in [1.29, 1.82) is 0 Å². The molecule has 1 aliphatic carbocycles. The van der Waals surface area contributed by atoms with Crippen LogP contribution in [0.25, 0.3) is 0 Å². The summed E-state index contributed by atoms with van der Waals surface area (Å²) in [6.07, 6.45) is 4.91. The van der Waals surface area contributed by atoms with Gasteiger partial charge in [-0.2, -0.15) is 0 Å². The zero-order valence-electron chi connectivity index (χ0n) is 13.3. The van der Waals surface area contributed by atoms with Gasteiger partial charge in [0.05, 0.1) is 6.10 Å². The molecule has 1 aromatic rings. The van der Waals surface area contributed by atoms with Crippen molar-refractivity contribution in [3.63, 3.8) is 0 Å². The summed E-state index contributed by atoms with van der Waals surface area (Å²) in [5.74, 6) is 0.552. The van der Waals surface area contributed by atoms with E-state index in [0.29, 0.717) is 12.3 Å². The first-order chi connectivity index (χ1) is 9.93. The van der Waals surface area contributed by atoms with Crippen LogP contribution in [0.1, 0.15) is 68.7 Å². The van der Waals surface area contributed by atoms with E-state index in [1.54, 1.807) is 18.3 Å². The van der Waals surface area contributed by atoms with E-state index in [4.69, 9.17) is 0 Å². The van der Waals surface area contributed by atoms with Crippen LogP contribution < -0.4 is 5.32 Å². The van der Waals surface area contributed by atoms with Crippen LogP contribution in [0, 0.1) is 5.92 Å². The second kappa shape index (κ2) is 6.93. The summed E-state index contributed by atoms with van der Waals surface area (Å²) >= 11 is 1.70. The summed E-state index contributed by atoms with van der Waals surface area (Å²) < 4.78 is 0. The van der Waals surface area contributed by atoms with E-state index in [-0.39, 0.29) is 11.3 Å². The molecule has 1 aromatic heterocycles. The van der Waals surface area contributed by atoms with Crippen molar-refractivity contribution in [2.24, 2.45) is 5.92 Å². The van der Waals surface area contributed by atoms with E-state index in [1.165, 1.54) is 17.7 Å². The molecule has 0 bridgehead atoms. The number of aliphatic hydroxyl groups is 1. The highest BCUT2D eigenvalue weighted by Gasteiger charge is 2.37. The summed E-state index contributed by atoms with van der Waals surface area (Å²) in [5.41, 5.74) is 0.0877. The number of amides is 1. The van der Waals surface area contributed by atoms with E-state index in [9.17, 15) is 9.90 Å². The van der Waals surface area contributed by atoms with E-state index < -0.39 is 6.10 Å². The summed E-state index contributed by atoms with van der Waals surface area (Å²) in [6, 6.07) is 4.17. The lowest BCUT2D eigenvalue weighted by Crippen LogP contribution is -2.38. The Balaban J connectivity index is 2.07. The Hall–Kier alpha value is -0.870. The maximum Gasteiger partial charge on any atom is 0.220 e. The molecular formula is C17H27NO2S. The lowest BCUT2D eigenvalue weighted by molar-refractivity contribution is -0.122. The van der Waals surface area contributed by atoms with Crippen LogP contribution in [-0.4, -0.2) is 17.6 Å². The highest BCUT2D eigenvalue weighted by Crippen LogP contribution is 2.44. The Kier molecular flexibility index (Phi) is 5.44. The topological polar surface area (TPSA) is 49.3 Å². The zero-order valence-corrected chi connectivity index (χ0v) is 14.1. The van der Waals surface area contributed by atoms with Gasteiger partial charge in [0.25, 0.3) is 0 Å². The quantitative estimate of drug-likeness (QED) is 0.840. The molecule has 1 saturated carbocycles. The van der Waals surface area contributed by atoms with Gasteiger partial charge in [0.1, 0.15) is 0 Å². The van der Waals surface area contributed by atoms with Crippen LogP contribution in [0.4, 0.5) is 0 Å². The Bertz CT molecular complexity index is 473. The molecule has 1 aliphatic rings. The Morgan fingerprint density at radius 1 is 1.33 bits per heavy atom. The number of aliphatic hydroxyl groups excluding tert-OH is 1. The molecule has 1 unspecified atom stereocenters. The molecule has 0 spiro atoms. The van der Waals surface area contributed by atoms with E-state index >= 15 is 0 Å². The second-order valence-corrected chi connectivity index (χ2v) is 7.86. The zero-order chi connectivity index (χ0) is 15.5. The molecule has 1 atom stereocenters. The fourth-order valence-electron chi connectivity index (χ4n) is 3.14. The van der Waals surface area contributed by atoms with Crippen LogP contribution >= 0.6 is 11.3 Å². The number of thiophene rings is 1. The molecular weight excluding hydrogens is 282 g/mol. The van der Waals surface area contributed by atoms with Crippen molar-refractivity contribution < 1.29 is 9.90 Å². The minimum Gasteiger partial charge on any atom is -0.388 e. The molecule has 1 heterocycles. The van der Waals surface area contributed by atoms with Crippen molar-refractivity contribution in [3.8, 4) is 0 Å². The Morgan fingerprint density at radius 2 is 2.00 bits per heavy atom. The predicted molar refractivity (Wildman–Crippen MR) is 87.6 cm³/mol. The fourth-order valence-corrected chi connectivity index (χ4v) is 4.32. The van der Waals surface area contributed by atoms with Crippen LogP contribution in [0.2, 0.25) is 0 Å². The lowest BCUT2D eigenvalue weighted by atomic mass is 9.84. The molecule has 0 aromatic carbocycles. The highest BCUT2D eigenvalue weighted by molar-refractivity contribution is 7.12. The van der Waals surface area contributed by atoms with Gasteiger partial charge in [-0.05, 0) is 37.8 Å². The van der Waals surface area contributed by atoms with Crippen molar-refractivity contribution in [2.75, 3.05) is 6.54 Å². The maximum atomic E-state index is 11.9. The van der Waals surface area contributed by atoms with Gasteiger partial charge >= 0.3 is 0 Å². The molecule has 2 N–H and O–H groups in total. The molecule has 0 aliphatic heterocycles. The molecule has 2 rings (SSSR count). The van der Waals surface area contributed by atoms with Crippen molar-refractivity contribution in [1.82, 2.24) is 5.32 Å². The van der Waals surface area contributed by atoms with Crippen LogP contribution in [0.5, 0.6) is 0 Å². The third kappa shape index (κ3) is 4.07.